The van der Waals surface area contributed by atoms with Crippen molar-refractivity contribution in [2.24, 2.45) is 0 Å². The summed E-state index contributed by atoms with van der Waals surface area (Å²) in [5.74, 6) is 0.397. The zero-order valence-electron chi connectivity index (χ0n) is 31.0. The number of ketones is 2. The lowest BCUT2D eigenvalue weighted by atomic mass is 9.82. The first-order valence-corrected chi connectivity index (χ1v) is 19.5. The van der Waals surface area contributed by atoms with Crippen LogP contribution in [-0.4, -0.2) is 60.6 Å². The number of fused-ring (bicyclic) bond motifs is 4. The molecular weight excluding hydrogens is 669 g/mol. The summed E-state index contributed by atoms with van der Waals surface area (Å²) in [5, 5.41) is 4.53. The van der Waals surface area contributed by atoms with Crippen LogP contribution in [0.2, 0.25) is 0 Å². The Morgan fingerprint density at radius 2 is 0.907 bits per heavy atom. The monoisotopic (exact) mass is 714 g/mol. The number of ether oxygens (including phenoxy) is 2. The SMILES string of the molecule is CN1CCCCC1[C@@H](Oc1ccc(O[C@@H](c2cccc3ccccc23)[C@@H]2CCCCN2C)c2c1C(=O)c1ccccc1C2=O)c1cccc2ccccc12. The van der Waals surface area contributed by atoms with Crippen molar-refractivity contribution in [1.82, 2.24) is 9.80 Å². The van der Waals surface area contributed by atoms with Gasteiger partial charge in [0.15, 0.2) is 11.6 Å². The van der Waals surface area contributed by atoms with Gasteiger partial charge < -0.3 is 9.47 Å². The van der Waals surface area contributed by atoms with Crippen molar-refractivity contribution in [2.75, 3.05) is 27.2 Å². The summed E-state index contributed by atoms with van der Waals surface area (Å²) in [4.78, 5) is 34.3. The van der Waals surface area contributed by atoms with Gasteiger partial charge in [0.2, 0.25) is 0 Å². The molecule has 2 heterocycles. The first kappa shape index (κ1) is 34.5. The number of benzene rings is 6. The summed E-state index contributed by atoms with van der Waals surface area (Å²) in [5.41, 5.74) is 3.51. The Bertz CT molecular complexity index is 2210. The number of rotatable bonds is 8. The van der Waals surface area contributed by atoms with E-state index < -0.39 is 0 Å². The normalized spacial score (nSPS) is 20.3. The van der Waals surface area contributed by atoms with E-state index in [0.717, 1.165) is 84.3 Å². The molecule has 2 aliphatic heterocycles. The van der Waals surface area contributed by atoms with Gasteiger partial charge in [-0.2, -0.15) is 0 Å². The summed E-state index contributed by atoms with van der Waals surface area (Å²) in [6, 6.07) is 40.6. The number of piperidine rings is 2. The fourth-order valence-electron chi connectivity index (χ4n) is 9.30. The van der Waals surface area contributed by atoms with Gasteiger partial charge in [-0.3, -0.25) is 19.4 Å². The lowest BCUT2D eigenvalue weighted by Crippen LogP contribution is -2.43. The van der Waals surface area contributed by atoms with E-state index in [4.69, 9.17) is 9.47 Å². The Morgan fingerprint density at radius 3 is 1.35 bits per heavy atom. The maximum Gasteiger partial charge on any atom is 0.198 e. The molecule has 6 nitrogen and oxygen atoms in total. The number of hydrogen-bond donors (Lipinski definition) is 0. The molecule has 6 aromatic carbocycles. The highest BCUT2D eigenvalue weighted by molar-refractivity contribution is 6.30. The highest BCUT2D eigenvalue weighted by atomic mass is 16.5. The number of likely N-dealkylation sites (N-methyl/N-ethyl adjacent to an activating group) is 2. The third-order valence-corrected chi connectivity index (χ3v) is 12.1. The molecule has 9 rings (SSSR count). The van der Waals surface area contributed by atoms with Crippen molar-refractivity contribution in [1.29, 1.82) is 0 Å². The molecule has 0 N–H and O–H groups in total. The lowest BCUT2D eigenvalue weighted by Gasteiger charge is -2.40. The van der Waals surface area contributed by atoms with Crippen molar-refractivity contribution in [3.05, 3.63) is 155 Å². The smallest absolute Gasteiger partial charge is 0.198 e. The predicted molar refractivity (Wildman–Crippen MR) is 215 cm³/mol. The Hall–Kier alpha value is -5.30. The topological polar surface area (TPSA) is 59.1 Å². The highest BCUT2D eigenvalue weighted by Gasteiger charge is 2.40. The van der Waals surface area contributed by atoms with Gasteiger partial charge in [-0.05, 0) is 86.5 Å². The average molecular weight is 715 g/mol. The Balaban J connectivity index is 1.21. The molecule has 6 aromatic rings. The van der Waals surface area contributed by atoms with Crippen molar-refractivity contribution in [3.63, 3.8) is 0 Å². The molecule has 3 aliphatic rings. The van der Waals surface area contributed by atoms with E-state index >= 15 is 0 Å². The standard InChI is InChI=1S/C48H46N2O4/c1-49-29-11-9-25-39(49)47(37-23-13-17-31-15-3-5-19-33(31)37)53-41-27-28-42(44-43(41)45(51)35-21-7-8-22-36(35)46(44)52)54-48(40-26-10-12-30-50(40)2)38-24-14-18-32-16-4-6-20-34(32)38/h3-8,13-24,27-28,39-40,47-48H,9-12,25-26,29-30H2,1-2H3/t39-,40?,47-,48-/m0/s1. The fraction of sp³-hybridized carbons (Fsp3) is 0.292. The van der Waals surface area contributed by atoms with Crippen LogP contribution in [0.25, 0.3) is 21.5 Å². The number of likely N-dealkylation sites (tertiary alicyclic amines) is 2. The number of nitrogens with zero attached hydrogens (tertiary/aromatic N) is 2. The van der Waals surface area contributed by atoms with E-state index in [9.17, 15) is 9.59 Å². The molecule has 272 valence electrons. The number of hydrogen-bond acceptors (Lipinski definition) is 6. The van der Waals surface area contributed by atoms with E-state index in [-0.39, 0.29) is 47.0 Å². The van der Waals surface area contributed by atoms with Gasteiger partial charge in [0.25, 0.3) is 0 Å². The van der Waals surface area contributed by atoms with E-state index in [1.807, 2.05) is 24.3 Å². The zero-order chi connectivity index (χ0) is 36.8. The summed E-state index contributed by atoms with van der Waals surface area (Å²) in [6.07, 6.45) is 5.63. The number of carbonyl (C=O) groups is 2. The lowest BCUT2D eigenvalue weighted by molar-refractivity contribution is 0.0538. The van der Waals surface area contributed by atoms with Crippen LogP contribution in [0.1, 0.15) is 93.7 Å². The number of carbonyl (C=O) groups excluding carboxylic acids is 2. The molecule has 1 aliphatic carbocycles. The minimum atomic E-state index is -0.378. The molecule has 6 heteroatoms. The predicted octanol–water partition coefficient (Wildman–Crippen LogP) is 9.98. The molecule has 0 spiro atoms. The van der Waals surface area contributed by atoms with Crippen LogP contribution in [0.3, 0.4) is 0 Å². The van der Waals surface area contributed by atoms with Crippen LogP contribution in [-0.2, 0) is 0 Å². The maximum atomic E-state index is 14.8. The van der Waals surface area contributed by atoms with Crippen LogP contribution in [0.15, 0.2) is 121 Å². The Labute approximate surface area is 317 Å². The second-order valence-corrected chi connectivity index (χ2v) is 15.3. The van der Waals surface area contributed by atoms with Gasteiger partial charge in [0.1, 0.15) is 23.7 Å². The van der Waals surface area contributed by atoms with E-state index in [2.05, 4.69) is 109 Å². The largest absolute Gasteiger partial charge is 0.483 e. The minimum absolute atomic E-state index is 0.0791. The maximum absolute atomic E-state index is 14.8. The summed E-state index contributed by atoms with van der Waals surface area (Å²) < 4.78 is 14.4. The molecule has 4 atom stereocenters. The zero-order valence-corrected chi connectivity index (χ0v) is 31.0. The molecule has 0 saturated carbocycles. The summed E-state index contributed by atoms with van der Waals surface area (Å²) in [6.45, 7) is 1.94. The van der Waals surface area contributed by atoms with Crippen LogP contribution < -0.4 is 9.47 Å². The summed E-state index contributed by atoms with van der Waals surface area (Å²) >= 11 is 0. The van der Waals surface area contributed by atoms with Crippen LogP contribution in [0, 0.1) is 0 Å². The first-order chi connectivity index (χ1) is 26.5. The van der Waals surface area contributed by atoms with Gasteiger partial charge in [0.05, 0.1) is 23.2 Å². The van der Waals surface area contributed by atoms with Gasteiger partial charge in [-0.25, -0.2) is 0 Å². The van der Waals surface area contributed by atoms with E-state index in [1.54, 1.807) is 12.1 Å². The van der Waals surface area contributed by atoms with Crippen LogP contribution in [0.4, 0.5) is 0 Å². The molecule has 2 saturated heterocycles. The molecule has 54 heavy (non-hydrogen) atoms. The van der Waals surface area contributed by atoms with Gasteiger partial charge in [0, 0.05) is 22.3 Å². The van der Waals surface area contributed by atoms with E-state index in [0.29, 0.717) is 22.6 Å². The molecule has 0 radical (unpaired) electrons. The van der Waals surface area contributed by atoms with Crippen LogP contribution in [0.5, 0.6) is 11.5 Å². The quantitative estimate of drug-likeness (QED) is 0.156. The molecule has 0 bridgehead atoms. The average Bonchev–Trinajstić information content (AvgIpc) is 3.21. The Morgan fingerprint density at radius 1 is 0.500 bits per heavy atom. The second-order valence-electron chi connectivity index (χ2n) is 15.3. The van der Waals surface area contributed by atoms with Gasteiger partial charge in [-0.15, -0.1) is 0 Å². The third kappa shape index (κ3) is 6.08. The van der Waals surface area contributed by atoms with Crippen LogP contribution >= 0.6 is 0 Å². The first-order valence-electron chi connectivity index (χ1n) is 19.5. The molecule has 0 aromatic heterocycles. The van der Waals surface area contributed by atoms with Crippen molar-refractivity contribution >= 4 is 33.1 Å². The van der Waals surface area contributed by atoms with Gasteiger partial charge in [-0.1, -0.05) is 122 Å². The second kappa shape index (κ2) is 14.5. The molecule has 1 unspecified atom stereocenters. The molecule has 0 amide bonds. The minimum Gasteiger partial charge on any atom is -0.483 e. The fourth-order valence-corrected chi connectivity index (χ4v) is 9.30. The highest BCUT2D eigenvalue weighted by Crippen LogP contribution is 2.45. The molecule has 2 fully saturated rings. The van der Waals surface area contributed by atoms with Crippen molar-refractivity contribution < 1.29 is 19.1 Å². The third-order valence-electron chi connectivity index (χ3n) is 12.1. The van der Waals surface area contributed by atoms with Crippen molar-refractivity contribution in [2.45, 2.75) is 62.8 Å². The van der Waals surface area contributed by atoms with E-state index in [1.165, 1.54) is 0 Å². The van der Waals surface area contributed by atoms with Crippen molar-refractivity contribution in [3.8, 4) is 11.5 Å². The molecular formula is C48H46N2O4. The summed E-state index contributed by atoms with van der Waals surface area (Å²) in [7, 11) is 4.33. The Kier molecular flexibility index (Phi) is 9.26. The van der Waals surface area contributed by atoms with Gasteiger partial charge >= 0.3 is 0 Å².